The highest BCUT2D eigenvalue weighted by molar-refractivity contribution is 7.10. The Morgan fingerprint density at radius 2 is 2.22 bits per heavy atom. The van der Waals surface area contributed by atoms with Crippen molar-refractivity contribution in [2.24, 2.45) is 5.92 Å². The SMILES string of the molecule is CC(C)Cc1noc(C2CCN(C(=O)Cc3cccs3)CC2)n1. The van der Waals surface area contributed by atoms with E-state index >= 15 is 0 Å². The molecule has 0 radical (unpaired) electrons. The van der Waals surface area contributed by atoms with E-state index in [4.69, 9.17) is 4.52 Å². The molecular weight excluding hydrogens is 310 g/mol. The minimum atomic E-state index is 0.219. The van der Waals surface area contributed by atoms with Crippen LogP contribution in [0.3, 0.4) is 0 Å². The zero-order valence-corrected chi connectivity index (χ0v) is 14.5. The second kappa shape index (κ2) is 7.25. The lowest BCUT2D eigenvalue weighted by Gasteiger charge is -2.30. The molecule has 0 N–H and O–H groups in total. The topological polar surface area (TPSA) is 59.2 Å². The van der Waals surface area contributed by atoms with Gasteiger partial charge in [0.2, 0.25) is 11.8 Å². The fraction of sp³-hybridized carbons (Fsp3) is 0.588. The van der Waals surface area contributed by atoms with Gasteiger partial charge in [-0.25, -0.2) is 0 Å². The number of carbonyl (C=O) groups excluding carboxylic acids is 1. The van der Waals surface area contributed by atoms with E-state index < -0.39 is 0 Å². The fourth-order valence-electron chi connectivity index (χ4n) is 2.93. The van der Waals surface area contributed by atoms with Crippen molar-refractivity contribution in [1.82, 2.24) is 15.0 Å². The first-order valence-electron chi connectivity index (χ1n) is 8.24. The van der Waals surface area contributed by atoms with Gasteiger partial charge in [-0.3, -0.25) is 4.79 Å². The third-order valence-corrected chi connectivity index (χ3v) is 5.05. The lowest BCUT2D eigenvalue weighted by Crippen LogP contribution is -2.38. The van der Waals surface area contributed by atoms with E-state index in [1.165, 1.54) is 0 Å². The highest BCUT2D eigenvalue weighted by Gasteiger charge is 2.27. The average molecular weight is 333 g/mol. The number of rotatable bonds is 5. The summed E-state index contributed by atoms with van der Waals surface area (Å²) in [5, 5.41) is 6.08. The minimum Gasteiger partial charge on any atom is -0.342 e. The normalized spacial score (nSPS) is 16.2. The first kappa shape index (κ1) is 16.2. The van der Waals surface area contributed by atoms with Gasteiger partial charge in [-0.1, -0.05) is 25.1 Å². The molecule has 5 nitrogen and oxygen atoms in total. The predicted octanol–water partition coefficient (Wildman–Crippen LogP) is 3.28. The van der Waals surface area contributed by atoms with Crippen LogP contribution in [0.15, 0.2) is 22.0 Å². The molecule has 0 bridgehead atoms. The number of aromatic nitrogens is 2. The van der Waals surface area contributed by atoms with Gasteiger partial charge in [0.05, 0.1) is 6.42 Å². The van der Waals surface area contributed by atoms with Gasteiger partial charge in [-0.05, 0) is 30.2 Å². The van der Waals surface area contributed by atoms with Crippen molar-refractivity contribution < 1.29 is 9.32 Å². The van der Waals surface area contributed by atoms with Crippen LogP contribution in [-0.4, -0.2) is 34.0 Å². The lowest BCUT2D eigenvalue weighted by molar-refractivity contribution is -0.131. The number of amides is 1. The maximum atomic E-state index is 12.3. The van der Waals surface area contributed by atoms with Gasteiger partial charge in [0.1, 0.15) is 0 Å². The Labute approximate surface area is 140 Å². The molecule has 3 heterocycles. The minimum absolute atomic E-state index is 0.219. The second-order valence-electron chi connectivity index (χ2n) is 6.56. The van der Waals surface area contributed by atoms with E-state index in [2.05, 4.69) is 24.0 Å². The summed E-state index contributed by atoms with van der Waals surface area (Å²) in [6, 6.07) is 4.01. The summed E-state index contributed by atoms with van der Waals surface area (Å²) in [7, 11) is 0. The highest BCUT2D eigenvalue weighted by atomic mass is 32.1. The third-order valence-electron chi connectivity index (χ3n) is 4.18. The molecule has 6 heteroatoms. The van der Waals surface area contributed by atoms with Crippen LogP contribution in [0.25, 0.3) is 0 Å². The molecule has 1 aliphatic heterocycles. The van der Waals surface area contributed by atoms with Crippen molar-refractivity contribution in [2.45, 2.75) is 45.4 Å². The Balaban J connectivity index is 1.51. The molecule has 0 saturated carbocycles. The lowest BCUT2D eigenvalue weighted by atomic mass is 9.96. The number of carbonyl (C=O) groups is 1. The number of hydrogen-bond donors (Lipinski definition) is 0. The molecule has 0 spiro atoms. The van der Waals surface area contributed by atoms with Crippen LogP contribution in [0.4, 0.5) is 0 Å². The van der Waals surface area contributed by atoms with Crippen LogP contribution in [0, 0.1) is 5.92 Å². The van der Waals surface area contributed by atoms with Crippen LogP contribution in [0.1, 0.15) is 49.2 Å². The maximum Gasteiger partial charge on any atom is 0.229 e. The summed E-state index contributed by atoms with van der Waals surface area (Å²) in [4.78, 5) is 19.9. The van der Waals surface area contributed by atoms with Crippen molar-refractivity contribution in [3.05, 3.63) is 34.1 Å². The summed E-state index contributed by atoms with van der Waals surface area (Å²) in [6.45, 7) is 5.84. The molecule has 0 aliphatic carbocycles. The van der Waals surface area contributed by atoms with Gasteiger partial charge in [0, 0.05) is 30.3 Å². The number of piperidine rings is 1. The Bertz CT molecular complexity index is 628. The zero-order valence-electron chi connectivity index (χ0n) is 13.7. The smallest absolute Gasteiger partial charge is 0.229 e. The molecule has 1 aliphatic rings. The number of thiophene rings is 1. The third kappa shape index (κ3) is 4.19. The zero-order chi connectivity index (χ0) is 16.2. The highest BCUT2D eigenvalue weighted by Crippen LogP contribution is 2.27. The molecule has 23 heavy (non-hydrogen) atoms. The summed E-state index contributed by atoms with van der Waals surface area (Å²) >= 11 is 1.64. The molecule has 1 saturated heterocycles. The standard InChI is InChI=1S/C17H23N3O2S/c1-12(2)10-15-18-17(22-19-15)13-5-7-20(8-6-13)16(21)11-14-4-3-9-23-14/h3-4,9,12-13H,5-8,10-11H2,1-2H3. The summed E-state index contributed by atoms with van der Waals surface area (Å²) < 4.78 is 5.42. The first-order valence-corrected chi connectivity index (χ1v) is 9.12. The molecule has 1 amide bonds. The molecule has 1 fully saturated rings. The van der Waals surface area contributed by atoms with E-state index in [0.29, 0.717) is 12.3 Å². The van der Waals surface area contributed by atoms with E-state index in [1.807, 2.05) is 22.4 Å². The van der Waals surface area contributed by atoms with Gasteiger partial charge in [0.25, 0.3) is 0 Å². The van der Waals surface area contributed by atoms with Gasteiger partial charge >= 0.3 is 0 Å². The molecule has 0 atom stereocenters. The quantitative estimate of drug-likeness (QED) is 0.842. The molecule has 2 aromatic rings. The molecule has 2 aromatic heterocycles. The summed E-state index contributed by atoms with van der Waals surface area (Å²) in [6.07, 6.45) is 3.17. The molecular formula is C17H23N3O2S. The van der Waals surface area contributed by atoms with Crippen LogP contribution >= 0.6 is 11.3 Å². The second-order valence-corrected chi connectivity index (χ2v) is 7.59. The van der Waals surface area contributed by atoms with Crippen LogP contribution in [0.2, 0.25) is 0 Å². The van der Waals surface area contributed by atoms with E-state index in [9.17, 15) is 4.79 Å². The molecule has 3 rings (SSSR count). The van der Waals surface area contributed by atoms with Crippen LogP contribution in [-0.2, 0) is 17.6 Å². The van der Waals surface area contributed by atoms with Gasteiger partial charge < -0.3 is 9.42 Å². The van der Waals surface area contributed by atoms with Crippen molar-refractivity contribution in [3.63, 3.8) is 0 Å². The number of hydrogen-bond acceptors (Lipinski definition) is 5. The summed E-state index contributed by atoms with van der Waals surface area (Å²) in [5.41, 5.74) is 0. The largest absolute Gasteiger partial charge is 0.342 e. The van der Waals surface area contributed by atoms with Crippen molar-refractivity contribution >= 4 is 17.2 Å². The Morgan fingerprint density at radius 3 is 2.87 bits per heavy atom. The Hall–Kier alpha value is -1.69. The summed E-state index contributed by atoms with van der Waals surface area (Å²) in [5.74, 6) is 2.57. The van der Waals surface area contributed by atoms with Crippen LogP contribution < -0.4 is 0 Å². The van der Waals surface area contributed by atoms with Crippen LogP contribution in [0.5, 0.6) is 0 Å². The van der Waals surface area contributed by atoms with Crippen molar-refractivity contribution in [1.29, 1.82) is 0 Å². The van der Waals surface area contributed by atoms with Crippen molar-refractivity contribution in [2.75, 3.05) is 13.1 Å². The van der Waals surface area contributed by atoms with E-state index in [0.717, 1.165) is 48.9 Å². The predicted molar refractivity (Wildman–Crippen MR) is 89.4 cm³/mol. The van der Waals surface area contributed by atoms with E-state index in [1.54, 1.807) is 11.3 Å². The average Bonchev–Trinajstić information content (AvgIpc) is 3.19. The van der Waals surface area contributed by atoms with Gasteiger partial charge in [0.15, 0.2) is 5.82 Å². The first-order chi connectivity index (χ1) is 11.1. The molecule has 0 aromatic carbocycles. The monoisotopic (exact) mass is 333 g/mol. The van der Waals surface area contributed by atoms with E-state index in [-0.39, 0.29) is 11.8 Å². The van der Waals surface area contributed by atoms with Crippen molar-refractivity contribution in [3.8, 4) is 0 Å². The Kier molecular flexibility index (Phi) is 5.10. The van der Waals surface area contributed by atoms with Gasteiger partial charge in [-0.2, -0.15) is 4.98 Å². The van der Waals surface area contributed by atoms with Gasteiger partial charge in [-0.15, -0.1) is 11.3 Å². The molecule has 124 valence electrons. The maximum absolute atomic E-state index is 12.3. The number of nitrogens with zero attached hydrogens (tertiary/aromatic N) is 3. The number of likely N-dealkylation sites (tertiary alicyclic amines) is 1. The molecule has 0 unspecified atom stereocenters. The Morgan fingerprint density at radius 1 is 1.43 bits per heavy atom. The fourth-order valence-corrected chi connectivity index (χ4v) is 3.63.